The summed E-state index contributed by atoms with van der Waals surface area (Å²) in [6.07, 6.45) is 0. The largest absolute Gasteiger partial charge is 0.278 e. The summed E-state index contributed by atoms with van der Waals surface area (Å²) in [6, 6.07) is 35.4. The maximum atomic E-state index is 5.05. The predicted molar refractivity (Wildman–Crippen MR) is 143 cm³/mol. The minimum Gasteiger partial charge on any atom is -0.278 e. The lowest BCUT2D eigenvalue weighted by atomic mass is 10.1. The molecule has 4 aromatic carbocycles. The number of rotatable bonds is 3. The molecule has 0 amide bonds. The Bertz CT molecular complexity index is 1500. The molecule has 0 aliphatic rings. The van der Waals surface area contributed by atoms with Crippen LogP contribution in [0.5, 0.6) is 0 Å². The summed E-state index contributed by atoms with van der Waals surface area (Å²) in [5.41, 5.74) is 6.03. The summed E-state index contributed by atoms with van der Waals surface area (Å²) in [7, 11) is 0. The minimum absolute atomic E-state index is 0.658. The quantitative estimate of drug-likeness (QED) is 0.220. The average molecular weight is 555 g/mol. The van der Waals surface area contributed by atoms with Gasteiger partial charge in [-0.2, -0.15) is 0 Å². The molecule has 0 atom stereocenters. The number of fused-ring (bicyclic) bond motifs is 3. The van der Waals surface area contributed by atoms with Gasteiger partial charge in [0.05, 0.1) is 22.4 Å². The number of aromatic nitrogens is 3. The monoisotopic (exact) mass is 553 g/mol. The molecule has 0 aliphatic carbocycles. The molecule has 0 fully saturated rings. The van der Waals surface area contributed by atoms with E-state index in [1.807, 2.05) is 24.3 Å². The molecule has 0 unspecified atom stereocenters. The number of para-hydroxylation sites is 2. The molecule has 6 aromatic rings. The zero-order chi connectivity index (χ0) is 22.4. The van der Waals surface area contributed by atoms with Crippen LogP contribution in [-0.4, -0.2) is 14.5 Å². The second-order valence-corrected chi connectivity index (χ2v) is 9.65. The highest BCUT2D eigenvalue weighted by molar-refractivity contribution is 9.10. The molecular weight excluding hydrogens is 538 g/mol. The normalized spacial score (nSPS) is 11.3. The molecule has 33 heavy (non-hydrogen) atoms. The van der Waals surface area contributed by atoms with Crippen molar-refractivity contribution < 1.29 is 0 Å². The third-order valence-electron chi connectivity index (χ3n) is 5.77. The molecule has 0 radical (unpaired) electrons. The fourth-order valence-electron chi connectivity index (χ4n) is 4.21. The molecule has 3 nitrogen and oxygen atoms in total. The van der Waals surface area contributed by atoms with Crippen LogP contribution in [0.1, 0.15) is 0 Å². The number of hydrogen-bond donors (Lipinski definition) is 0. The van der Waals surface area contributed by atoms with Crippen molar-refractivity contribution >= 4 is 53.7 Å². The zero-order valence-corrected chi connectivity index (χ0v) is 20.6. The molecule has 2 aromatic heterocycles. The Labute approximate surface area is 208 Å². The summed E-state index contributed by atoms with van der Waals surface area (Å²) in [5.74, 6) is 0.658. The van der Waals surface area contributed by atoms with Crippen molar-refractivity contribution in [2.75, 3.05) is 0 Å². The SMILES string of the molecule is Brc1ccc(-c2cc(-c3ccc(Br)cc3)nc(-n3c4ccccc4c4ccccc43)n2)cc1. The van der Waals surface area contributed by atoms with Gasteiger partial charge in [0.25, 0.3) is 0 Å². The van der Waals surface area contributed by atoms with Gasteiger partial charge in [-0.3, -0.25) is 4.57 Å². The lowest BCUT2D eigenvalue weighted by Crippen LogP contribution is -2.03. The second kappa shape index (κ2) is 8.25. The van der Waals surface area contributed by atoms with Gasteiger partial charge in [-0.15, -0.1) is 0 Å². The molecule has 5 heteroatoms. The third kappa shape index (κ3) is 3.67. The Morgan fingerprint density at radius 3 is 1.39 bits per heavy atom. The van der Waals surface area contributed by atoms with Crippen molar-refractivity contribution in [3.8, 4) is 28.5 Å². The van der Waals surface area contributed by atoms with Gasteiger partial charge >= 0.3 is 0 Å². The highest BCUT2D eigenvalue weighted by Gasteiger charge is 2.16. The molecule has 2 heterocycles. The molecule has 6 rings (SSSR count). The van der Waals surface area contributed by atoms with Gasteiger partial charge < -0.3 is 0 Å². The van der Waals surface area contributed by atoms with E-state index >= 15 is 0 Å². The van der Waals surface area contributed by atoms with E-state index in [2.05, 4.69) is 115 Å². The first-order chi connectivity index (χ1) is 16.2. The Morgan fingerprint density at radius 1 is 0.515 bits per heavy atom. The van der Waals surface area contributed by atoms with E-state index in [1.54, 1.807) is 0 Å². The van der Waals surface area contributed by atoms with E-state index in [1.165, 1.54) is 10.8 Å². The first-order valence-electron chi connectivity index (χ1n) is 10.6. The first kappa shape index (κ1) is 20.3. The summed E-state index contributed by atoms with van der Waals surface area (Å²) in [4.78, 5) is 10.1. The smallest absolute Gasteiger partial charge is 0.235 e. The molecule has 0 saturated carbocycles. The van der Waals surface area contributed by atoms with Crippen molar-refractivity contribution in [2.24, 2.45) is 0 Å². The molecule has 0 N–H and O–H groups in total. The fraction of sp³-hybridized carbons (Fsp3) is 0. The number of hydrogen-bond acceptors (Lipinski definition) is 2. The predicted octanol–water partition coefficient (Wildman–Crippen LogP) is 8.43. The third-order valence-corrected chi connectivity index (χ3v) is 6.83. The topological polar surface area (TPSA) is 30.7 Å². The van der Waals surface area contributed by atoms with E-state index < -0.39 is 0 Å². The van der Waals surface area contributed by atoms with Gasteiger partial charge in [0.15, 0.2) is 0 Å². The van der Waals surface area contributed by atoms with Gasteiger partial charge in [-0.25, -0.2) is 9.97 Å². The highest BCUT2D eigenvalue weighted by Crippen LogP contribution is 2.33. The Balaban J connectivity index is 1.67. The van der Waals surface area contributed by atoms with Crippen molar-refractivity contribution in [2.45, 2.75) is 0 Å². The van der Waals surface area contributed by atoms with Crippen LogP contribution in [0.4, 0.5) is 0 Å². The van der Waals surface area contributed by atoms with Gasteiger partial charge in [0.2, 0.25) is 5.95 Å². The van der Waals surface area contributed by atoms with Gasteiger partial charge in [0.1, 0.15) is 0 Å². The standard InChI is InChI=1S/C28H17Br2N3/c29-20-13-9-18(10-14-20)24-17-25(19-11-15-21(30)16-12-19)32-28(31-24)33-26-7-3-1-5-22(26)23-6-2-4-8-27(23)33/h1-17H. The van der Waals surface area contributed by atoms with Crippen molar-refractivity contribution in [3.05, 3.63) is 112 Å². The highest BCUT2D eigenvalue weighted by atomic mass is 79.9. The van der Waals surface area contributed by atoms with Crippen LogP contribution in [0.25, 0.3) is 50.3 Å². The van der Waals surface area contributed by atoms with Crippen LogP contribution in [0.15, 0.2) is 112 Å². The van der Waals surface area contributed by atoms with E-state index in [-0.39, 0.29) is 0 Å². The van der Waals surface area contributed by atoms with E-state index in [0.717, 1.165) is 42.5 Å². The molecule has 0 bridgehead atoms. The number of benzene rings is 4. The zero-order valence-electron chi connectivity index (χ0n) is 17.4. The van der Waals surface area contributed by atoms with E-state index in [0.29, 0.717) is 5.95 Å². The lowest BCUT2D eigenvalue weighted by molar-refractivity contribution is 0.995. The summed E-state index contributed by atoms with van der Waals surface area (Å²) >= 11 is 7.07. The van der Waals surface area contributed by atoms with Crippen molar-refractivity contribution in [1.82, 2.24) is 14.5 Å². The van der Waals surface area contributed by atoms with Gasteiger partial charge in [-0.1, -0.05) is 92.5 Å². The minimum atomic E-state index is 0.658. The molecule has 0 spiro atoms. The number of nitrogens with zero attached hydrogens (tertiary/aromatic N) is 3. The Hall–Kier alpha value is -3.28. The van der Waals surface area contributed by atoms with Crippen LogP contribution in [0.2, 0.25) is 0 Å². The van der Waals surface area contributed by atoms with Crippen LogP contribution in [0, 0.1) is 0 Å². The molecule has 158 valence electrons. The van der Waals surface area contributed by atoms with Gasteiger partial charge in [-0.05, 0) is 42.5 Å². The first-order valence-corrected chi connectivity index (χ1v) is 12.2. The maximum Gasteiger partial charge on any atom is 0.235 e. The van der Waals surface area contributed by atoms with Crippen LogP contribution in [-0.2, 0) is 0 Å². The summed E-state index contributed by atoms with van der Waals surface area (Å²) in [5, 5.41) is 2.38. The second-order valence-electron chi connectivity index (χ2n) is 7.82. The summed E-state index contributed by atoms with van der Waals surface area (Å²) < 4.78 is 4.24. The molecular formula is C28H17Br2N3. The summed E-state index contributed by atoms with van der Waals surface area (Å²) in [6.45, 7) is 0. The van der Waals surface area contributed by atoms with Gasteiger partial charge in [0, 0.05) is 30.8 Å². The Morgan fingerprint density at radius 2 is 0.939 bits per heavy atom. The van der Waals surface area contributed by atoms with Crippen molar-refractivity contribution in [1.29, 1.82) is 0 Å². The molecule has 0 aliphatic heterocycles. The Kier molecular flexibility index (Phi) is 5.08. The van der Waals surface area contributed by atoms with E-state index in [4.69, 9.17) is 9.97 Å². The maximum absolute atomic E-state index is 5.05. The number of halogens is 2. The van der Waals surface area contributed by atoms with Crippen molar-refractivity contribution in [3.63, 3.8) is 0 Å². The molecule has 0 saturated heterocycles. The van der Waals surface area contributed by atoms with E-state index in [9.17, 15) is 0 Å². The van der Waals surface area contributed by atoms with Crippen LogP contribution >= 0.6 is 31.9 Å². The fourth-order valence-corrected chi connectivity index (χ4v) is 4.74. The average Bonchev–Trinajstić information content (AvgIpc) is 3.19. The van der Waals surface area contributed by atoms with Crippen LogP contribution in [0.3, 0.4) is 0 Å². The van der Waals surface area contributed by atoms with Crippen LogP contribution < -0.4 is 0 Å². The lowest BCUT2D eigenvalue weighted by Gasteiger charge is -2.12.